The van der Waals surface area contributed by atoms with Crippen LogP contribution in [0.1, 0.15) is 12.8 Å². The maximum atomic E-state index is 12.0. The Hall–Kier alpha value is -1.59. The number of nitrogens with one attached hydrogen (secondary N) is 1. The second-order valence-electron chi connectivity index (χ2n) is 4.73. The number of amides is 1. The molecule has 2 N–H and O–H groups in total. The molecule has 19 heavy (non-hydrogen) atoms. The van der Waals surface area contributed by atoms with Gasteiger partial charge in [-0.3, -0.25) is 9.69 Å². The van der Waals surface area contributed by atoms with Crippen molar-refractivity contribution in [3.63, 3.8) is 0 Å². The van der Waals surface area contributed by atoms with E-state index in [0.29, 0.717) is 12.3 Å². The van der Waals surface area contributed by atoms with Crippen LogP contribution >= 0.6 is 0 Å². The number of ether oxygens (including phenoxy) is 1. The highest BCUT2D eigenvalue weighted by Gasteiger charge is 2.25. The molecule has 0 spiro atoms. The molecule has 0 radical (unpaired) electrons. The van der Waals surface area contributed by atoms with E-state index in [1.807, 2.05) is 23.1 Å². The zero-order chi connectivity index (χ0) is 13.7. The highest BCUT2D eigenvalue weighted by Crippen LogP contribution is 2.18. The molecule has 1 amide bonds. The molecule has 0 unspecified atom stereocenters. The molecule has 1 aromatic rings. The van der Waals surface area contributed by atoms with E-state index in [4.69, 9.17) is 4.74 Å². The number of hydrogen-bond donors (Lipinski definition) is 2. The highest BCUT2D eigenvalue weighted by molar-refractivity contribution is 5.92. The number of aliphatic hydroxyl groups excluding tert-OH is 1. The number of hydrogen-bond acceptors (Lipinski definition) is 4. The van der Waals surface area contributed by atoms with E-state index in [-0.39, 0.29) is 18.6 Å². The average molecular weight is 264 g/mol. The summed E-state index contributed by atoms with van der Waals surface area (Å²) in [6.07, 6.45) is 2.00. The van der Waals surface area contributed by atoms with E-state index in [1.165, 1.54) is 0 Å². The molecular weight excluding hydrogens is 244 g/mol. The molecule has 0 aromatic heterocycles. The van der Waals surface area contributed by atoms with Crippen LogP contribution in [0.4, 0.5) is 5.69 Å². The highest BCUT2D eigenvalue weighted by atomic mass is 16.5. The Labute approximate surface area is 113 Å². The van der Waals surface area contributed by atoms with Gasteiger partial charge in [0.25, 0.3) is 0 Å². The fourth-order valence-corrected chi connectivity index (χ4v) is 2.40. The Morgan fingerprint density at radius 2 is 2.42 bits per heavy atom. The molecule has 1 fully saturated rings. The van der Waals surface area contributed by atoms with Crippen molar-refractivity contribution in [2.75, 3.05) is 32.1 Å². The summed E-state index contributed by atoms with van der Waals surface area (Å²) < 4.78 is 5.11. The van der Waals surface area contributed by atoms with Gasteiger partial charge in [-0.25, -0.2) is 0 Å². The van der Waals surface area contributed by atoms with Crippen LogP contribution in [0.15, 0.2) is 24.3 Å². The molecule has 0 aliphatic carbocycles. The first-order chi connectivity index (χ1) is 9.22. The lowest BCUT2D eigenvalue weighted by Crippen LogP contribution is -2.38. The minimum atomic E-state index is -0.0615. The fourth-order valence-electron chi connectivity index (χ4n) is 2.40. The number of rotatable bonds is 5. The molecular formula is C14H20N2O3. The van der Waals surface area contributed by atoms with Gasteiger partial charge < -0.3 is 15.2 Å². The molecule has 1 saturated heterocycles. The zero-order valence-electron chi connectivity index (χ0n) is 11.1. The minimum Gasteiger partial charge on any atom is -0.497 e. The fraction of sp³-hybridized carbons (Fsp3) is 0.500. The molecule has 104 valence electrons. The van der Waals surface area contributed by atoms with Crippen molar-refractivity contribution in [2.24, 2.45) is 0 Å². The molecule has 5 heteroatoms. The van der Waals surface area contributed by atoms with Gasteiger partial charge in [0, 0.05) is 17.8 Å². The van der Waals surface area contributed by atoms with E-state index in [2.05, 4.69) is 5.32 Å². The van der Waals surface area contributed by atoms with E-state index < -0.39 is 0 Å². The number of carbonyl (C=O) groups excluding carboxylic acids is 1. The monoisotopic (exact) mass is 264 g/mol. The standard InChI is InChI=1S/C14H20N2O3/c1-19-13-6-2-4-11(8-13)15-14(18)9-16-7-3-5-12(16)10-17/h2,4,6,8,12,17H,3,5,7,9-10H2,1H3,(H,15,18)/t12-/m1/s1. The summed E-state index contributed by atoms with van der Waals surface area (Å²) in [7, 11) is 1.59. The van der Waals surface area contributed by atoms with Crippen LogP contribution in [-0.2, 0) is 4.79 Å². The van der Waals surface area contributed by atoms with Gasteiger partial charge in [-0.2, -0.15) is 0 Å². The number of anilines is 1. The summed E-state index contributed by atoms with van der Waals surface area (Å²) in [6.45, 7) is 1.31. The lowest BCUT2D eigenvalue weighted by molar-refractivity contribution is -0.117. The first-order valence-electron chi connectivity index (χ1n) is 6.51. The van der Waals surface area contributed by atoms with Crippen LogP contribution in [-0.4, -0.2) is 48.8 Å². The Morgan fingerprint density at radius 1 is 1.58 bits per heavy atom. The number of benzene rings is 1. The van der Waals surface area contributed by atoms with Gasteiger partial charge in [-0.05, 0) is 31.5 Å². The van der Waals surface area contributed by atoms with E-state index in [0.717, 1.165) is 25.1 Å². The molecule has 1 atom stereocenters. The normalized spacial score (nSPS) is 19.4. The van der Waals surface area contributed by atoms with Gasteiger partial charge in [-0.1, -0.05) is 6.07 Å². The Bertz CT molecular complexity index is 436. The third kappa shape index (κ3) is 3.68. The van der Waals surface area contributed by atoms with Crippen LogP contribution in [0.2, 0.25) is 0 Å². The minimum absolute atomic E-state index is 0.0615. The van der Waals surface area contributed by atoms with Crippen LogP contribution in [0.5, 0.6) is 5.75 Å². The van der Waals surface area contributed by atoms with Crippen molar-refractivity contribution >= 4 is 11.6 Å². The topological polar surface area (TPSA) is 61.8 Å². The van der Waals surface area contributed by atoms with Gasteiger partial charge in [0.15, 0.2) is 0 Å². The lowest BCUT2D eigenvalue weighted by atomic mass is 10.2. The van der Waals surface area contributed by atoms with Gasteiger partial charge in [0.2, 0.25) is 5.91 Å². The zero-order valence-corrected chi connectivity index (χ0v) is 11.1. The summed E-state index contributed by atoms with van der Waals surface area (Å²) in [6, 6.07) is 7.40. The molecule has 5 nitrogen and oxygen atoms in total. The lowest BCUT2D eigenvalue weighted by Gasteiger charge is -2.21. The van der Waals surface area contributed by atoms with Crippen LogP contribution in [0.25, 0.3) is 0 Å². The van der Waals surface area contributed by atoms with Crippen LogP contribution in [0.3, 0.4) is 0 Å². The smallest absolute Gasteiger partial charge is 0.238 e. The second-order valence-corrected chi connectivity index (χ2v) is 4.73. The molecule has 2 rings (SSSR count). The first-order valence-corrected chi connectivity index (χ1v) is 6.51. The first kappa shape index (κ1) is 13.8. The molecule has 0 saturated carbocycles. The van der Waals surface area contributed by atoms with E-state index in [9.17, 15) is 9.90 Å². The van der Waals surface area contributed by atoms with Crippen molar-refractivity contribution in [3.05, 3.63) is 24.3 Å². The summed E-state index contributed by atoms with van der Waals surface area (Å²) in [4.78, 5) is 14.0. The van der Waals surface area contributed by atoms with Crippen LogP contribution in [0, 0.1) is 0 Å². The number of likely N-dealkylation sites (tertiary alicyclic amines) is 1. The summed E-state index contributed by atoms with van der Waals surface area (Å²) in [5.74, 6) is 0.654. The van der Waals surface area contributed by atoms with Crippen molar-refractivity contribution in [3.8, 4) is 5.75 Å². The summed E-state index contributed by atoms with van der Waals surface area (Å²) >= 11 is 0. The molecule has 1 aliphatic rings. The van der Waals surface area contributed by atoms with Gasteiger partial charge in [-0.15, -0.1) is 0 Å². The predicted octanol–water partition coefficient (Wildman–Crippen LogP) is 1.09. The van der Waals surface area contributed by atoms with E-state index >= 15 is 0 Å². The molecule has 1 heterocycles. The van der Waals surface area contributed by atoms with Crippen LogP contribution < -0.4 is 10.1 Å². The Balaban J connectivity index is 1.90. The number of carbonyl (C=O) groups is 1. The van der Waals surface area contributed by atoms with Crippen molar-refractivity contribution in [1.82, 2.24) is 4.90 Å². The Morgan fingerprint density at radius 3 is 3.16 bits per heavy atom. The predicted molar refractivity (Wildman–Crippen MR) is 73.3 cm³/mol. The maximum Gasteiger partial charge on any atom is 0.238 e. The number of aliphatic hydroxyl groups is 1. The average Bonchev–Trinajstić information content (AvgIpc) is 2.86. The molecule has 1 aliphatic heterocycles. The molecule has 1 aromatic carbocycles. The Kier molecular flexibility index (Phi) is 4.76. The molecule has 0 bridgehead atoms. The van der Waals surface area contributed by atoms with E-state index in [1.54, 1.807) is 13.2 Å². The van der Waals surface area contributed by atoms with Crippen molar-refractivity contribution in [2.45, 2.75) is 18.9 Å². The van der Waals surface area contributed by atoms with Gasteiger partial charge in [0.1, 0.15) is 5.75 Å². The quantitative estimate of drug-likeness (QED) is 0.835. The van der Waals surface area contributed by atoms with Gasteiger partial charge in [0.05, 0.1) is 20.3 Å². The third-order valence-corrected chi connectivity index (χ3v) is 3.41. The van der Waals surface area contributed by atoms with Crippen molar-refractivity contribution in [1.29, 1.82) is 0 Å². The largest absolute Gasteiger partial charge is 0.497 e. The van der Waals surface area contributed by atoms with Gasteiger partial charge >= 0.3 is 0 Å². The summed E-state index contributed by atoms with van der Waals surface area (Å²) in [5, 5.41) is 12.1. The van der Waals surface area contributed by atoms with Crippen molar-refractivity contribution < 1.29 is 14.6 Å². The third-order valence-electron chi connectivity index (χ3n) is 3.41. The number of methoxy groups -OCH3 is 1. The number of nitrogens with zero attached hydrogens (tertiary/aromatic N) is 1. The second kappa shape index (κ2) is 6.54. The maximum absolute atomic E-state index is 12.0. The SMILES string of the molecule is COc1cccc(NC(=O)CN2CCC[C@@H]2CO)c1. The summed E-state index contributed by atoms with van der Waals surface area (Å²) in [5.41, 5.74) is 0.726.